The molecule has 1 saturated carbocycles. The standard InChI is InChI=1S/C15H21N3O2S2/c1-12(10-16)21-15-9-8-14(11-17-15)22(19,20)18(2)13-6-4-3-5-7-13/h8-9,11-13H,3-7H2,1-2H3/t12-/m1/s1. The van der Waals surface area contributed by atoms with Gasteiger partial charge in [-0.2, -0.15) is 9.57 Å². The van der Waals surface area contributed by atoms with Crippen molar-refractivity contribution in [1.29, 1.82) is 5.26 Å². The largest absolute Gasteiger partial charge is 0.249 e. The van der Waals surface area contributed by atoms with E-state index in [0.29, 0.717) is 5.03 Å². The maximum Gasteiger partial charge on any atom is 0.244 e. The molecule has 0 aromatic carbocycles. The molecule has 0 aliphatic heterocycles. The highest BCUT2D eigenvalue weighted by atomic mass is 32.2. The third kappa shape index (κ3) is 4.00. The van der Waals surface area contributed by atoms with Gasteiger partial charge in [-0.3, -0.25) is 0 Å². The molecule has 7 heteroatoms. The van der Waals surface area contributed by atoms with Gasteiger partial charge in [0.15, 0.2) is 0 Å². The van der Waals surface area contributed by atoms with Gasteiger partial charge in [0.25, 0.3) is 0 Å². The van der Waals surface area contributed by atoms with Crippen LogP contribution in [0.5, 0.6) is 0 Å². The highest BCUT2D eigenvalue weighted by Gasteiger charge is 2.29. The molecule has 0 saturated heterocycles. The van der Waals surface area contributed by atoms with Gasteiger partial charge in [-0.1, -0.05) is 31.0 Å². The minimum absolute atomic E-state index is 0.0893. The zero-order chi connectivity index (χ0) is 16.2. The third-order valence-corrected chi connectivity index (χ3v) is 6.79. The molecule has 0 bridgehead atoms. The molecule has 1 aromatic heterocycles. The van der Waals surface area contributed by atoms with Crippen molar-refractivity contribution in [2.24, 2.45) is 0 Å². The van der Waals surface area contributed by atoms with E-state index in [2.05, 4.69) is 11.1 Å². The first kappa shape index (κ1) is 17.3. The molecule has 1 heterocycles. The number of hydrogen-bond acceptors (Lipinski definition) is 5. The summed E-state index contributed by atoms with van der Waals surface area (Å²) in [5.74, 6) is 0. The molecule has 1 aromatic rings. The number of thioether (sulfide) groups is 1. The Morgan fingerprint density at radius 3 is 2.59 bits per heavy atom. The first-order chi connectivity index (χ1) is 10.4. The molecule has 0 amide bonds. The number of aromatic nitrogens is 1. The number of rotatable bonds is 5. The van der Waals surface area contributed by atoms with E-state index in [1.165, 1.54) is 28.7 Å². The molecular formula is C15H21N3O2S2. The Bertz CT molecular complexity index is 632. The Morgan fingerprint density at radius 2 is 2.05 bits per heavy atom. The van der Waals surface area contributed by atoms with Crippen LogP contribution in [0.15, 0.2) is 28.3 Å². The number of nitrogens with zero attached hydrogens (tertiary/aromatic N) is 3. The van der Waals surface area contributed by atoms with E-state index in [-0.39, 0.29) is 16.2 Å². The maximum absolute atomic E-state index is 12.6. The molecule has 1 fully saturated rings. The Balaban J connectivity index is 2.13. The van der Waals surface area contributed by atoms with E-state index < -0.39 is 10.0 Å². The lowest BCUT2D eigenvalue weighted by atomic mass is 9.96. The van der Waals surface area contributed by atoms with Crippen LogP contribution in [0.4, 0.5) is 0 Å². The summed E-state index contributed by atoms with van der Waals surface area (Å²) in [5, 5.41) is 9.25. The zero-order valence-corrected chi connectivity index (χ0v) is 14.5. The van der Waals surface area contributed by atoms with Crippen molar-refractivity contribution in [2.45, 2.75) is 60.2 Å². The second-order valence-corrected chi connectivity index (χ2v) is 8.89. The summed E-state index contributed by atoms with van der Waals surface area (Å²) in [5.41, 5.74) is 0. The topological polar surface area (TPSA) is 74.1 Å². The summed E-state index contributed by atoms with van der Waals surface area (Å²) in [4.78, 5) is 4.38. The van der Waals surface area contributed by atoms with Gasteiger partial charge < -0.3 is 0 Å². The minimum Gasteiger partial charge on any atom is -0.249 e. The van der Waals surface area contributed by atoms with Crippen LogP contribution >= 0.6 is 11.8 Å². The Morgan fingerprint density at radius 1 is 1.36 bits per heavy atom. The molecule has 2 rings (SSSR count). The number of nitriles is 1. The van der Waals surface area contributed by atoms with Crippen LogP contribution in [-0.4, -0.2) is 36.0 Å². The molecule has 1 aliphatic rings. The van der Waals surface area contributed by atoms with E-state index in [0.717, 1.165) is 25.7 Å². The second-order valence-electron chi connectivity index (χ2n) is 5.53. The number of sulfonamides is 1. The Labute approximate surface area is 136 Å². The Hall–Kier alpha value is -1.10. The van der Waals surface area contributed by atoms with E-state index >= 15 is 0 Å². The van der Waals surface area contributed by atoms with Crippen LogP contribution in [0.25, 0.3) is 0 Å². The van der Waals surface area contributed by atoms with Crippen LogP contribution in [0.1, 0.15) is 39.0 Å². The predicted molar refractivity (Wildman–Crippen MR) is 87.0 cm³/mol. The average Bonchev–Trinajstić information content (AvgIpc) is 2.55. The first-order valence-electron chi connectivity index (χ1n) is 7.45. The fourth-order valence-corrected chi connectivity index (χ4v) is 4.64. The average molecular weight is 339 g/mol. The number of hydrogen-bond donors (Lipinski definition) is 0. The van der Waals surface area contributed by atoms with Gasteiger partial charge in [0.1, 0.15) is 4.90 Å². The lowest BCUT2D eigenvalue weighted by Gasteiger charge is -2.30. The van der Waals surface area contributed by atoms with Crippen LogP contribution in [0.3, 0.4) is 0 Å². The lowest BCUT2D eigenvalue weighted by Crippen LogP contribution is -2.38. The fraction of sp³-hybridized carbons (Fsp3) is 0.600. The van der Waals surface area contributed by atoms with Crippen molar-refractivity contribution in [3.8, 4) is 6.07 Å². The molecule has 0 N–H and O–H groups in total. The first-order valence-corrected chi connectivity index (χ1v) is 9.77. The van der Waals surface area contributed by atoms with E-state index in [1.807, 2.05) is 0 Å². The van der Waals surface area contributed by atoms with Gasteiger partial charge in [0.2, 0.25) is 10.0 Å². The summed E-state index contributed by atoms with van der Waals surface area (Å²) in [7, 11) is -1.83. The molecule has 0 unspecified atom stereocenters. The maximum atomic E-state index is 12.6. The Kier molecular flexibility index (Phi) is 5.84. The lowest BCUT2D eigenvalue weighted by molar-refractivity contribution is 0.286. The van der Waals surface area contributed by atoms with Gasteiger partial charge in [-0.05, 0) is 31.9 Å². The van der Waals surface area contributed by atoms with E-state index in [9.17, 15) is 8.42 Å². The van der Waals surface area contributed by atoms with Gasteiger partial charge in [0.05, 0.1) is 16.3 Å². The monoisotopic (exact) mass is 339 g/mol. The molecular weight excluding hydrogens is 318 g/mol. The molecule has 22 heavy (non-hydrogen) atoms. The molecule has 1 atom stereocenters. The van der Waals surface area contributed by atoms with Gasteiger partial charge in [-0.25, -0.2) is 13.4 Å². The van der Waals surface area contributed by atoms with Crippen molar-refractivity contribution in [3.63, 3.8) is 0 Å². The van der Waals surface area contributed by atoms with Gasteiger partial charge in [0, 0.05) is 19.3 Å². The van der Waals surface area contributed by atoms with Crippen molar-refractivity contribution < 1.29 is 8.42 Å². The van der Waals surface area contributed by atoms with Crippen molar-refractivity contribution in [1.82, 2.24) is 9.29 Å². The normalized spacial score (nSPS) is 18.1. The molecule has 1 aliphatic carbocycles. The highest BCUT2D eigenvalue weighted by Crippen LogP contribution is 2.27. The minimum atomic E-state index is -3.49. The fourth-order valence-electron chi connectivity index (χ4n) is 2.60. The molecule has 120 valence electrons. The smallest absolute Gasteiger partial charge is 0.244 e. The predicted octanol–water partition coefficient (Wildman–Crippen LogP) is 3.04. The van der Waals surface area contributed by atoms with E-state index in [1.54, 1.807) is 26.1 Å². The summed E-state index contributed by atoms with van der Waals surface area (Å²) in [6, 6.07) is 5.45. The van der Waals surface area contributed by atoms with Crippen LogP contribution in [0, 0.1) is 11.3 Å². The van der Waals surface area contributed by atoms with Crippen LogP contribution < -0.4 is 0 Å². The van der Waals surface area contributed by atoms with E-state index in [4.69, 9.17) is 5.26 Å². The third-order valence-electron chi connectivity index (χ3n) is 3.95. The SMILES string of the molecule is C[C@H](C#N)Sc1ccc(S(=O)(=O)N(C)C2CCCCC2)cn1. The van der Waals surface area contributed by atoms with Crippen LogP contribution in [0.2, 0.25) is 0 Å². The molecule has 5 nitrogen and oxygen atoms in total. The number of pyridine rings is 1. The second kappa shape index (κ2) is 7.44. The summed E-state index contributed by atoms with van der Waals surface area (Å²) in [6.45, 7) is 1.79. The summed E-state index contributed by atoms with van der Waals surface area (Å²) >= 11 is 1.32. The quantitative estimate of drug-likeness (QED) is 0.771. The van der Waals surface area contributed by atoms with Crippen molar-refractivity contribution in [3.05, 3.63) is 18.3 Å². The molecule has 0 radical (unpaired) electrons. The molecule has 0 spiro atoms. The van der Waals surface area contributed by atoms with Crippen molar-refractivity contribution >= 4 is 21.8 Å². The van der Waals surface area contributed by atoms with Crippen LogP contribution in [-0.2, 0) is 10.0 Å². The van der Waals surface area contributed by atoms with Crippen molar-refractivity contribution in [2.75, 3.05) is 7.05 Å². The summed E-state index contributed by atoms with van der Waals surface area (Å²) in [6.07, 6.45) is 6.61. The highest BCUT2D eigenvalue weighted by molar-refractivity contribution is 8.00. The zero-order valence-electron chi connectivity index (χ0n) is 12.9. The summed E-state index contributed by atoms with van der Waals surface area (Å²) < 4.78 is 26.8. The van der Waals surface area contributed by atoms with Gasteiger partial charge in [-0.15, -0.1) is 0 Å². The van der Waals surface area contributed by atoms with Gasteiger partial charge >= 0.3 is 0 Å².